The average Bonchev–Trinajstić information content (AvgIpc) is 3.36. The van der Waals surface area contributed by atoms with Crippen molar-refractivity contribution in [2.45, 2.75) is 57.2 Å². The van der Waals surface area contributed by atoms with Gasteiger partial charge in [0.1, 0.15) is 10.6 Å². The quantitative estimate of drug-likeness (QED) is 0.702. The Labute approximate surface area is 152 Å². The van der Waals surface area contributed by atoms with Crippen LogP contribution in [0.1, 0.15) is 58.1 Å². The summed E-state index contributed by atoms with van der Waals surface area (Å²) in [6, 6.07) is 4.39. The lowest BCUT2D eigenvalue weighted by molar-refractivity contribution is 0.187. The molecule has 0 heterocycles. The predicted octanol–water partition coefficient (Wildman–Crippen LogP) is 4.29. The largest absolute Gasteiger partial charge is 0.598 e. The molecule has 2 N–H and O–H groups in total. The second-order valence-corrected chi connectivity index (χ2v) is 9.43. The van der Waals surface area contributed by atoms with Crippen LogP contribution in [0.3, 0.4) is 0 Å². The van der Waals surface area contributed by atoms with E-state index in [2.05, 4.69) is 14.8 Å². The number of carbonyl (C=O) groups excluding carboxylic acids is 1. The van der Waals surface area contributed by atoms with Gasteiger partial charge >= 0.3 is 6.09 Å². The van der Waals surface area contributed by atoms with Gasteiger partial charge in [-0.3, -0.25) is 5.32 Å². The van der Waals surface area contributed by atoms with Crippen molar-refractivity contribution in [2.75, 3.05) is 12.4 Å². The Morgan fingerprint density at radius 1 is 1.44 bits per heavy atom. The SMILES string of the molecule is COC(=O)Nc1cc(C(CCC2CC2)N[S+]([O-])C(C)(C)C)ccc1F. The van der Waals surface area contributed by atoms with E-state index >= 15 is 0 Å². The summed E-state index contributed by atoms with van der Waals surface area (Å²) >= 11 is -1.24. The van der Waals surface area contributed by atoms with Crippen LogP contribution in [-0.2, 0) is 16.1 Å². The van der Waals surface area contributed by atoms with Crippen molar-refractivity contribution in [2.24, 2.45) is 5.92 Å². The van der Waals surface area contributed by atoms with Gasteiger partial charge < -0.3 is 9.29 Å². The van der Waals surface area contributed by atoms with Gasteiger partial charge in [-0.2, -0.15) is 0 Å². The van der Waals surface area contributed by atoms with Gasteiger partial charge in [0.2, 0.25) is 0 Å². The first-order valence-corrected chi connectivity index (χ1v) is 9.68. The zero-order valence-corrected chi connectivity index (χ0v) is 16.0. The van der Waals surface area contributed by atoms with E-state index in [0.717, 1.165) is 24.3 Å². The maximum Gasteiger partial charge on any atom is 0.411 e. The van der Waals surface area contributed by atoms with Gasteiger partial charge in [0.25, 0.3) is 0 Å². The number of nitrogens with one attached hydrogen (secondary N) is 2. The molecule has 2 atom stereocenters. The van der Waals surface area contributed by atoms with Crippen LogP contribution in [0.2, 0.25) is 0 Å². The lowest BCUT2D eigenvalue weighted by atomic mass is 10.0. The number of hydrogen-bond acceptors (Lipinski definition) is 4. The van der Waals surface area contributed by atoms with Crippen LogP contribution in [0.5, 0.6) is 0 Å². The van der Waals surface area contributed by atoms with E-state index in [1.54, 1.807) is 12.1 Å². The Balaban J connectivity index is 2.19. The summed E-state index contributed by atoms with van der Waals surface area (Å²) in [6.07, 6.45) is 3.62. The van der Waals surface area contributed by atoms with Gasteiger partial charge in [-0.05, 0) is 57.2 Å². The Morgan fingerprint density at radius 2 is 2.12 bits per heavy atom. The maximum atomic E-state index is 14.0. The van der Waals surface area contributed by atoms with E-state index in [1.165, 1.54) is 26.0 Å². The molecule has 2 rings (SSSR count). The molecule has 0 saturated heterocycles. The van der Waals surface area contributed by atoms with Crippen LogP contribution >= 0.6 is 0 Å². The topological polar surface area (TPSA) is 73.4 Å². The number of halogens is 1. The Hall–Kier alpha value is -1.31. The predicted molar refractivity (Wildman–Crippen MR) is 98.2 cm³/mol. The minimum absolute atomic E-state index is 0.0594. The van der Waals surface area contributed by atoms with Crippen LogP contribution in [0.4, 0.5) is 14.9 Å². The first-order chi connectivity index (χ1) is 11.7. The third-order valence-electron chi connectivity index (χ3n) is 4.18. The number of amides is 1. The second kappa shape index (κ2) is 8.38. The highest BCUT2D eigenvalue weighted by molar-refractivity contribution is 7.90. The molecule has 1 aliphatic carbocycles. The highest BCUT2D eigenvalue weighted by Crippen LogP contribution is 2.37. The molecule has 140 valence electrons. The van der Waals surface area contributed by atoms with Crippen molar-refractivity contribution < 1.29 is 18.5 Å². The van der Waals surface area contributed by atoms with Crippen LogP contribution in [0.15, 0.2) is 18.2 Å². The van der Waals surface area contributed by atoms with E-state index in [-0.39, 0.29) is 11.7 Å². The van der Waals surface area contributed by atoms with Gasteiger partial charge in [-0.1, -0.05) is 18.9 Å². The van der Waals surface area contributed by atoms with Gasteiger partial charge in [0, 0.05) is 11.4 Å². The fourth-order valence-electron chi connectivity index (χ4n) is 2.42. The van der Waals surface area contributed by atoms with Gasteiger partial charge in [0.15, 0.2) is 0 Å². The molecule has 1 aromatic rings. The standard InChI is InChI=1S/C18H27FN2O3S/c1-18(2,3)25(23)21-15(10-7-12-5-6-12)13-8-9-14(19)16(11-13)20-17(22)24-4/h8-9,11-12,15,21H,5-7,10H2,1-4H3,(H,20,22). The van der Waals surface area contributed by atoms with Gasteiger partial charge in [-0.25, -0.2) is 9.18 Å². The van der Waals surface area contributed by atoms with Gasteiger partial charge in [-0.15, -0.1) is 4.72 Å². The molecule has 0 aromatic heterocycles. The molecular formula is C18H27FN2O3S. The molecule has 0 bridgehead atoms. The van der Waals surface area contributed by atoms with Crippen LogP contribution in [0.25, 0.3) is 0 Å². The van der Waals surface area contributed by atoms with E-state index in [0.29, 0.717) is 0 Å². The van der Waals surface area contributed by atoms with Crippen molar-refractivity contribution >= 4 is 23.1 Å². The summed E-state index contributed by atoms with van der Waals surface area (Å²) in [5, 5.41) is 2.38. The number of ether oxygens (including phenoxy) is 1. The van der Waals surface area contributed by atoms with Crippen molar-refractivity contribution in [3.63, 3.8) is 0 Å². The molecule has 1 fully saturated rings. The van der Waals surface area contributed by atoms with Crippen LogP contribution in [0, 0.1) is 11.7 Å². The minimum Gasteiger partial charge on any atom is -0.598 e. The van der Waals surface area contributed by atoms with Crippen molar-refractivity contribution in [3.05, 3.63) is 29.6 Å². The lowest BCUT2D eigenvalue weighted by Crippen LogP contribution is -2.41. The number of benzene rings is 1. The zero-order valence-electron chi connectivity index (χ0n) is 15.2. The fourth-order valence-corrected chi connectivity index (χ4v) is 3.29. The highest BCUT2D eigenvalue weighted by atomic mass is 32.2. The fraction of sp³-hybridized carbons (Fsp3) is 0.611. The highest BCUT2D eigenvalue weighted by Gasteiger charge is 2.31. The molecule has 1 aliphatic rings. The Kier molecular flexibility index (Phi) is 6.71. The monoisotopic (exact) mass is 370 g/mol. The van der Waals surface area contributed by atoms with Gasteiger partial charge in [0.05, 0.1) is 18.8 Å². The third-order valence-corrected chi connectivity index (χ3v) is 5.79. The number of carbonyl (C=O) groups is 1. The molecule has 1 saturated carbocycles. The zero-order chi connectivity index (χ0) is 18.6. The molecule has 1 amide bonds. The molecule has 0 spiro atoms. The van der Waals surface area contributed by atoms with Crippen molar-refractivity contribution in [1.82, 2.24) is 4.72 Å². The smallest absolute Gasteiger partial charge is 0.411 e. The summed E-state index contributed by atoms with van der Waals surface area (Å²) in [5.41, 5.74) is 0.857. The normalized spacial score (nSPS) is 17.0. The summed E-state index contributed by atoms with van der Waals surface area (Å²) in [6.45, 7) is 5.72. The number of anilines is 1. The molecule has 25 heavy (non-hydrogen) atoms. The number of methoxy groups -OCH3 is 1. The lowest BCUT2D eigenvalue weighted by Gasteiger charge is -2.28. The molecule has 0 radical (unpaired) electrons. The van der Waals surface area contributed by atoms with Crippen LogP contribution < -0.4 is 10.0 Å². The van der Waals surface area contributed by atoms with Crippen molar-refractivity contribution in [1.29, 1.82) is 0 Å². The van der Waals surface area contributed by atoms with E-state index in [9.17, 15) is 13.7 Å². The summed E-state index contributed by atoms with van der Waals surface area (Å²) in [4.78, 5) is 11.4. The summed E-state index contributed by atoms with van der Waals surface area (Å²) in [5.74, 6) is 0.201. The third kappa shape index (κ3) is 6.17. The van der Waals surface area contributed by atoms with Crippen LogP contribution in [-0.4, -0.2) is 22.5 Å². The van der Waals surface area contributed by atoms with Crippen molar-refractivity contribution in [3.8, 4) is 0 Å². The molecule has 2 unspecified atom stereocenters. The summed E-state index contributed by atoms with van der Waals surface area (Å²) < 4.78 is 33.8. The van der Waals surface area contributed by atoms with E-state index in [1.807, 2.05) is 20.8 Å². The molecule has 7 heteroatoms. The molecule has 0 aliphatic heterocycles. The Morgan fingerprint density at radius 3 is 2.68 bits per heavy atom. The second-order valence-electron chi connectivity index (χ2n) is 7.43. The number of hydrogen-bond donors (Lipinski definition) is 2. The summed E-state index contributed by atoms with van der Waals surface area (Å²) in [7, 11) is 1.23. The minimum atomic E-state index is -1.24. The van der Waals surface area contributed by atoms with E-state index < -0.39 is 28.0 Å². The number of rotatable bonds is 7. The van der Waals surface area contributed by atoms with E-state index in [4.69, 9.17) is 0 Å². The molecule has 5 nitrogen and oxygen atoms in total. The maximum absolute atomic E-state index is 14.0. The average molecular weight is 370 g/mol. The Bertz CT molecular complexity index is 602. The first-order valence-electron chi connectivity index (χ1n) is 8.53. The molecule has 1 aromatic carbocycles. The first kappa shape index (κ1) is 20.0. The molecular weight excluding hydrogens is 343 g/mol.